The number of nitrogens with one attached hydrogen (secondary N) is 2. The maximum atomic E-state index is 12.9. The van der Waals surface area contributed by atoms with Gasteiger partial charge in [-0.3, -0.25) is 14.6 Å². The summed E-state index contributed by atoms with van der Waals surface area (Å²) in [7, 11) is 1.52. The summed E-state index contributed by atoms with van der Waals surface area (Å²) in [6, 6.07) is 10.1. The molecule has 3 heterocycles. The lowest BCUT2D eigenvalue weighted by molar-refractivity contribution is 0.0949. The molecule has 4 rings (SSSR count). The minimum absolute atomic E-state index is 0.171. The van der Waals surface area contributed by atoms with Crippen molar-refractivity contribution in [3.63, 3.8) is 0 Å². The Bertz CT molecular complexity index is 1370. The molecule has 1 aromatic carbocycles. The lowest BCUT2D eigenvalue weighted by Gasteiger charge is -2.08. The first-order valence-corrected chi connectivity index (χ1v) is 10.4. The zero-order valence-corrected chi connectivity index (χ0v) is 18.1. The zero-order chi connectivity index (χ0) is 22.7. The zero-order valence-electron chi connectivity index (χ0n) is 17.3. The van der Waals surface area contributed by atoms with Gasteiger partial charge in [0, 0.05) is 29.0 Å². The van der Waals surface area contributed by atoms with Crippen LogP contribution in [0.25, 0.3) is 16.3 Å². The summed E-state index contributed by atoms with van der Waals surface area (Å²) in [5.74, 6) is -0.0121. The third-order valence-corrected chi connectivity index (χ3v) is 5.97. The van der Waals surface area contributed by atoms with Crippen LogP contribution in [0, 0.1) is 6.92 Å². The lowest BCUT2D eigenvalue weighted by Crippen LogP contribution is -2.39. The van der Waals surface area contributed by atoms with Crippen LogP contribution in [0.2, 0.25) is 0 Å². The molecule has 0 radical (unpaired) electrons. The average molecular weight is 449 g/mol. The monoisotopic (exact) mass is 449 g/mol. The first-order chi connectivity index (χ1) is 15.5. The van der Waals surface area contributed by atoms with E-state index in [1.54, 1.807) is 36.7 Å². The normalized spacial score (nSPS) is 10.7. The van der Waals surface area contributed by atoms with Crippen LogP contribution >= 0.6 is 11.3 Å². The molecule has 0 bridgehead atoms. The molecule has 0 fully saturated rings. The Hall–Kier alpha value is -4.05. The molecule has 32 heavy (non-hydrogen) atoms. The van der Waals surface area contributed by atoms with Crippen molar-refractivity contribution in [3.8, 4) is 22.0 Å². The number of methoxy groups -OCH3 is 1. The second-order valence-corrected chi connectivity index (χ2v) is 7.88. The van der Waals surface area contributed by atoms with Gasteiger partial charge in [-0.05, 0) is 43.3 Å². The third-order valence-electron chi connectivity index (χ3n) is 4.76. The van der Waals surface area contributed by atoms with E-state index in [1.807, 2.05) is 19.1 Å². The van der Waals surface area contributed by atoms with Crippen molar-refractivity contribution in [2.24, 2.45) is 0 Å². The first-order valence-electron chi connectivity index (χ1n) is 9.62. The van der Waals surface area contributed by atoms with Crippen LogP contribution in [0.3, 0.4) is 0 Å². The highest BCUT2D eigenvalue weighted by molar-refractivity contribution is 7.15. The Balaban J connectivity index is 1.56. The van der Waals surface area contributed by atoms with Gasteiger partial charge in [-0.2, -0.15) is 0 Å². The Morgan fingerprint density at radius 2 is 2.00 bits per heavy atom. The number of thiazole rings is 1. The van der Waals surface area contributed by atoms with E-state index < -0.39 is 17.2 Å². The van der Waals surface area contributed by atoms with E-state index in [9.17, 15) is 14.4 Å². The number of amides is 1. The molecule has 2 N–H and O–H groups in total. The summed E-state index contributed by atoms with van der Waals surface area (Å²) < 4.78 is 6.01. The standard InChI is InChI=1S/C22H19N5O4S/c1-13-18(32-20(26-13)14-4-3-9-23-10-14)12-24-19(28)17-11-25-22(30)27(21(17)29)15-5-7-16(31-2)8-6-15/h3-11H,12H2,1-2H3,(H,24,28)(H,25,30). The number of aryl methyl sites for hydroxylation is 1. The molecule has 1 amide bonds. The molecule has 10 heteroatoms. The van der Waals surface area contributed by atoms with Crippen molar-refractivity contribution >= 4 is 17.2 Å². The van der Waals surface area contributed by atoms with Gasteiger partial charge in [-0.15, -0.1) is 11.3 Å². The highest BCUT2D eigenvalue weighted by atomic mass is 32.1. The summed E-state index contributed by atoms with van der Waals surface area (Å²) in [5.41, 5.74) is 0.471. The molecule has 9 nitrogen and oxygen atoms in total. The fourth-order valence-electron chi connectivity index (χ4n) is 3.06. The third kappa shape index (κ3) is 4.21. The number of nitrogens with zero attached hydrogens (tertiary/aromatic N) is 3. The topological polar surface area (TPSA) is 119 Å². The van der Waals surface area contributed by atoms with Gasteiger partial charge in [0.15, 0.2) is 0 Å². The molecule has 0 aliphatic heterocycles. The van der Waals surface area contributed by atoms with Gasteiger partial charge in [0.1, 0.15) is 16.3 Å². The quantitative estimate of drug-likeness (QED) is 0.466. The molecule has 4 aromatic rings. The molecule has 0 unspecified atom stereocenters. The van der Waals surface area contributed by atoms with E-state index in [1.165, 1.54) is 18.4 Å². The fraction of sp³-hybridized carbons (Fsp3) is 0.136. The maximum Gasteiger partial charge on any atom is 0.333 e. The number of ether oxygens (including phenoxy) is 1. The Kier molecular flexibility index (Phi) is 5.95. The number of hydrogen-bond donors (Lipinski definition) is 2. The molecule has 3 aromatic heterocycles. The van der Waals surface area contributed by atoms with Gasteiger partial charge in [0.05, 0.1) is 25.0 Å². The first kappa shape index (κ1) is 21.2. The second kappa shape index (κ2) is 8.98. The van der Waals surface area contributed by atoms with Crippen LogP contribution < -0.4 is 21.3 Å². The summed E-state index contributed by atoms with van der Waals surface area (Å²) in [6.45, 7) is 2.05. The number of hydrogen-bond acceptors (Lipinski definition) is 7. The fourth-order valence-corrected chi connectivity index (χ4v) is 4.05. The van der Waals surface area contributed by atoms with Crippen LogP contribution in [-0.4, -0.2) is 32.5 Å². The second-order valence-electron chi connectivity index (χ2n) is 6.80. The van der Waals surface area contributed by atoms with Crippen molar-refractivity contribution in [2.45, 2.75) is 13.5 Å². The van der Waals surface area contributed by atoms with Crippen molar-refractivity contribution in [2.75, 3.05) is 7.11 Å². The number of H-pyrrole nitrogens is 1. The van der Waals surface area contributed by atoms with E-state index in [2.05, 4.69) is 20.3 Å². The Morgan fingerprint density at radius 3 is 2.69 bits per heavy atom. The van der Waals surface area contributed by atoms with Gasteiger partial charge in [0.25, 0.3) is 11.5 Å². The number of benzene rings is 1. The van der Waals surface area contributed by atoms with Gasteiger partial charge in [0.2, 0.25) is 0 Å². The number of aromatic nitrogens is 4. The summed E-state index contributed by atoms with van der Waals surface area (Å²) in [6.07, 6.45) is 4.54. The van der Waals surface area contributed by atoms with E-state index in [-0.39, 0.29) is 12.1 Å². The molecule has 0 aliphatic rings. The highest BCUT2D eigenvalue weighted by Crippen LogP contribution is 2.27. The number of carbonyl (C=O) groups excluding carboxylic acids is 1. The molecule has 162 valence electrons. The number of carbonyl (C=O) groups is 1. The van der Waals surface area contributed by atoms with E-state index in [0.29, 0.717) is 11.4 Å². The number of aromatic amines is 1. The van der Waals surface area contributed by atoms with E-state index in [4.69, 9.17) is 4.74 Å². The van der Waals surface area contributed by atoms with Crippen LogP contribution in [-0.2, 0) is 6.54 Å². The van der Waals surface area contributed by atoms with Gasteiger partial charge in [-0.25, -0.2) is 14.3 Å². The van der Waals surface area contributed by atoms with Crippen LogP contribution in [0.5, 0.6) is 5.75 Å². The van der Waals surface area contributed by atoms with Gasteiger partial charge >= 0.3 is 5.69 Å². The predicted molar refractivity (Wildman–Crippen MR) is 120 cm³/mol. The maximum absolute atomic E-state index is 12.9. The molecule has 0 atom stereocenters. The highest BCUT2D eigenvalue weighted by Gasteiger charge is 2.17. The van der Waals surface area contributed by atoms with Crippen molar-refractivity contribution in [3.05, 3.63) is 92.0 Å². The van der Waals surface area contributed by atoms with Crippen LogP contribution in [0.4, 0.5) is 0 Å². The average Bonchev–Trinajstić information content (AvgIpc) is 3.19. The Labute approximate surface area is 186 Å². The van der Waals surface area contributed by atoms with Crippen LogP contribution in [0.15, 0.2) is 64.6 Å². The summed E-state index contributed by atoms with van der Waals surface area (Å²) in [4.78, 5) is 49.8. The lowest BCUT2D eigenvalue weighted by atomic mass is 10.2. The van der Waals surface area contributed by atoms with Crippen molar-refractivity contribution in [1.29, 1.82) is 0 Å². The molecule has 0 aliphatic carbocycles. The minimum Gasteiger partial charge on any atom is -0.497 e. The molecule has 0 saturated heterocycles. The van der Waals surface area contributed by atoms with Crippen molar-refractivity contribution < 1.29 is 9.53 Å². The van der Waals surface area contributed by atoms with Gasteiger partial charge < -0.3 is 15.0 Å². The smallest absolute Gasteiger partial charge is 0.333 e. The molecule has 0 saturated carbocycles. The summed E-state index contributed by atoms with van der Waals surface area (Å²) >= 11 is 1.44. The summed E-state index contributed by atoms with van der Waals surface area (Å²) in [5, 5.41) is 3.54. The number of pyridine rings is 1. The predicted octanol–water partition coefficient (Wildman–Crippen LogP) is 2.29. The largest absolute Gasteiger partial charge is 0.497 e. The van der Waals surface area contributed by atoms with Crippen LogP contribution in [0.1, 0.15) is 20.9 Å². The molecular formula is C22H19N5O4S. The van der Waals surface area contributed by atoms with E-state index >= 15 is 0 Å². The molecular weight excluding hydrogens is 430 g/mol. The Morgan fingerprint density at radius 1 is 1.22 bits per heavy atom. The van der Waals surface area contributed by atoms with Crippen molar-refractivity contribution in [1.82, 2.24) is 24.8 Å². The molecule has 0 spiro atoms. The number of rotatable bonds is 6. The SMILES string of the molecule is COc1ccc(-n2c(=O)[nH]cc(C(=O)NCc3sc(-c4cccnc4)nc3C)c2=O)cc1. The van der Waals surface area contributed by atoms with Gasteiger partial charge in [-0.1, -0.05) is 0 Å². The minimum atomic E-state index is -0.714. The van der Waals surface area contributed by atoms with E-state index in [0.717, 1.165) is 31.9 Å².